The Hall–Kier alpha value is -0.850. The van der Waals surface area contributed by atoms with Crippen molar-refractivity contribution in [1.29, 1.82) is 0 Å². The maximum atomic E-state index is 10.7. The van der Waals surface area contributed by atoms with Gasteiger partial charge in [0, 0.05) is 19.6 Å². The molecule has 0 radical (unpaired) electrons. The minimum Gasteiger partial charge on any atom is -0.480 e. The number of unbranched alkanes of at least 4 members (excludes halogenated alkanes) is 1. The molecule has 1 unspecified atom stereocenters. The molecular formula is C18H26Cl2N2O3. The number of aryl methyl sites for hydroxylation is 1. The molecule has 1 aromatic rings. The molecule has 0 saturated carbocycles. The quantitative estimate of drug-likeness (QED) is 0.658. The highest BCUT2D eigenvalue weighted by Gasteiger charge is 2.21. The lowest BCUT2D eigenvalue weighted by Crippen LogP contribution is -2.47. The number of morpholine rings is 1. The van der Waals surface area contributed by atoms with Crippen LogP contribution in [0.5, 0.6) is 0 Å². The van der Waals surface area contributed by atoms with Crippen LogP contribution in [0.3, 0.4) is 0 Å². The summed E-state index contributed by atoms with van der Waals surface area (Å²) >= 11 is 12.0. The fourth-order valence-electron chi connectivity index (χ4n) is 3.10. The van der Waals surface area contributed by atoms with Gasteiger partial charge in [-0.3, -0.25) is 14.6 Å². The summed E-state index contributed by atoms with van der Waals surface area (Å²) in [6.07, 6.45) is 3.27. The summed E-state index contributed by atoms with van der Waals surface area (Å²) in [5, 5.41) is 10.0. The van der Waals surface area contributed by atoms with Gasteiger partial charge in [0.05, 0.1) is 29.3 Å². The third kappa shape index (κ3) is 7.50. The Morgan fingerprint density at radius 1 is 1.36 bits per heavy atom. The van der Waals surface area contributed by atoms with E-state index >= 15 is 0 Å². The van der Waals surface area contributed by atoms with E-state index in [0.29, 0.717) is 23.2 Å². The Balaban J connectivity index is 1.66. The molecule has 0 aliphatic carbocycles. The van der Waals surface area contributed by atoms with Crippen LogP contribution in [0.1, 0.15) is 18.4 Å². The van der Waals surface area contributed by atoms with Crippen LogP contribution in [0.4, 0.5) is 0 Å². The van der Waals surface area contributed by atoms with E-state index in [9.17, 15) is 4.79 Å². The SMILES string of the molecule is CN(CC(=O)O)CC1CN(CCCCc2ccc(Cl)c(Cl)c2)CCO1. The first-order chi connectivity index (χ1) is 11.9. The summed E-state index contributed by atoms with van der Waals surface area (Å²) in [6, 6.07) is 5.81. The van der Waals surface area contributed by atoms with Gasteiger partial charge in [-0.05, 0) is 50.6 Å². The van der Waals surface area contributed by atoms with Crippen molar-refractivity contribution in [3.05, 3.63) is 33.8 Å². The zero-order valence-corrected chi connectivity index (χ0v) is 16.1. The highest BCUT2D eigenvalue weighted by atomic mass is 35.5. The second kappa shape index (κ2) is 10.3. The number of nitrogens with zero attached hydrogens (tertiary/aromatic N) is 2. The molecule has 0 spiro atoms. The van der Waals surface area contributed by atoms with Gasteiger partial charge in [-0.1, -0.05) is 29.3 Å². The van der Waals surface area contributed by atoms with Crippen molar-refractivity contribution in [1.82, 2.24) is 9.80 Å². The lowest BCUT2D eigenvalue weighted by Gasteiger charge is -2.34. The van der Waals surface area contributed by atoms with E-state index in [-0.39, 0.29) is 12.6 Å². The molecule has 1 N–H and O–H groups in total. The summed E-state index contributed by atoms with van der Waals surface area (Å²) in [4.78, 5) is 14.9. The van der Waals surface area contributed by atoms with Gasteiger partial charge < -0.3 is 9.84 Å². The highest BCUT2D eigenvalue weighted by molar-refractivity contribution is 6.42. The number of hydrogen-bond acceptors (Lipinski definition) is 4. The van der Waals surface area contributed by atoms with Crippen LogP contribution in [0, 0.1) is 0 Å². The number of carboxylic acid groups (broad SMARTS) is 1. The Morgan fingerprint density at radius 3 is 2.88 bits per heavy atom. The van der Waals surface area contributed by atoms with Crippen LogP contribution in [-0.4, -0.2) is 73.4 Å². The standard InChI is InChI=1S/C18H26Cl2N2O3/c1-21(13-18(23)24)11-15-12-22(8-9-25-15)7-3-2-4-14-5-6-16(19)17(20)10-14/h5-6,10,15H,2-4,7-9,11-13H2,1H3,(H,23,24). The normalized spacial score (nSPS) is 18.6. The molecule has 5 nitrogen and oxygen atoms in total. The van der Waals surface area contributed by atoms with Gasteiger partial charge in [0.15, 0.2) is 0 Å². The van der Waals surface area contributed by atoms with E-state index in [2.05, 4.69) is 4.90 Å². The topological polar surface area (TPSA) is 53.0 Å². The summed E-state index contributed by atoms with van der Waals surface area (Å²) < 4.78 is 5.76. The summed E-state index contributed by atoms with van der Waals surface area (Å²) in [7, 11) is 1.81. The van der Waals surface area contributed by atoms with Gasteiger partial charge >= 0.3 is 5.97 Å². The van der Waals surface area contributed by atoms with E-state index in [1.165, 1.54) is 5.56 Å². The number of carbonyl (C=O) groups is 1. The summed E-state index contributed by atoms with van der Waals surface area (Å²) in [5.74, 6) is -0.808. The van der Waals surface area contributed by atoms with Crippen molar-refractivity contribution in [3.8, 4) is 0 Å². The third-order valence-electron chi connectivity index (χ3n) is 4.32. The molecule has 2 rings (SSSR count). The zero-order chi connectivity index (χ0) is 18.2. The predicted octanol–water partition coefficient (Wildman–Crippen LogP) is 3.03. The molecule has 1 fully saturated rings. The van der Waals surface area contributed by atoms with Gasteiger partial charge in [-0.2, -0.15) is 0 Å². The van der Waals surface area contributed by atoms with Crippen LogP contribution < -0.4 is 0 Å². The number of carboxylic acids is 1. The molecule has 0 amide bonds. The minimum absolute atomic E-state index is 0.0452. The number of likely N-dealkylation sites (N-methyl/N-ethyl adjacent to an activating group) is 1. The second-order valence-electron chi connectivity index (χ2n) is 6.59. The minimum atomic E-state index is -0.808. The second-order valence-corrected chi connectivity index (χ2v) is 7.40. The first-order valence-electron chi connectivity index (χ1n) is 8.62. The van der Waals surface area contributed by atoms with Crippen LogP contribution in [0.2, 0.25) is 10.0 Å². The average Bonchev–Trinajstić information content (AvgIpc) is 2.54. The van der Waals surface area contributed by atoms with Gasteiger partial charge in [-0.15, -0.1) is 0 Å². The fourth-order valence-corrected chi connectivity index (χ4v) is 3.42. The van der Waals surface area contributed by atoms with E-state index in [0.717, 1.165) is 38.9 Å². The maximum Gasteiger partial charge on any atom is 0.317 e. The monoisotopic (exact) mass is 388 g/mol. The van der Waals surface area contributed by atoms with E-state index in [1.54, 1.807) is 4.90 Å². The van der Waals surface area contributed by atoms with Gasteiger partial charge in [0.1, 0.15) is 0 Å². The molecule has 1 aliphatic heterocycles. The van der Waals surface area contributed by atoms with E-state index < -0.39 is 5.97 Å². The summed E-state index contributed by atoms with van der Waals surface area (Å²) in [5.41, 5.74) is 1.21. The fraction of sp³-hybridized carbons (Fsp3) is 0.611. The van der Waals surface area contributed by atoms with Gasteiger partial charge in [0.2, 0.25) is 0 Å². The molecule has 7 heteroatoms. The largest absolute Gasteiger partial charge is 0.480 e. The van der Waals surface area contributed by atoms with Crippen molar-refractivity contribution in [3.63, 3.8) is 0 Å². The number of halogens is 2. The molecule has 1 atom stereocenters. The highest BCUT2D eigenvalue weighted by Crippen LogP contribution is 2.23. The molecule has 1 aliphatic rings. The Morgan fingerprint density at radius 2 is 2.16 bits per heavy atom. The Kier molecular flexibility index (Phi) is 8.46. The summed E-state index contributed by atoms with van der Waals surface area (Å²) in [6.45, 7) is 4.22. The van der Waals surface area contributed by atoms with Crippen molar-refractivity contribution in [2.45, 2.75) is 25.4 Å². The molecule has 140 valence electrons. The predicted molar refractivity (Wildman–Crippen MR) is 101 cm³/mol. The molecular weight excluding hydrogens is 363 g/mol. The smallest absolute Gasteiger partial charge is 0.317 e. The van der Waals surface area contributed by atoms with Crippen molar-refractivity contribution in [2.24, 2.45) is 0 Å². The number of aliphatic carboxylic acids is 1. The lowest BCUT2D eigenvalue weighted by molar-refractivity contribution is -0.138. The van der Waals surface area contributed by atoms with Crippen LogP contribution >= 0.6 is 23.2 Å². The Bertz CT molecular complexity index is 571. The van der Waals surface area contributed by atoms with Gasteiger partial charge in [0.25, 0.3) is 0 Å². The van der Waals surface area contributed by atoms with Crippen molar-refractivity contribution >= 4 is 29.2 Å². The zero-order valence-electron chi connectivity index (χ0n) is 14.6. The van der Waals surface area contributed by atoms with Crippen LogP contribution in [0.15, 0.2) is 18.2 Å². The number of rotatable bonds is 9. The Labute approximate surface area is 159 Å². The molecule has 1 aromatic carbocycles. The number of ether oxygens (including phenoxy) is 1. The van der Waals surface area contributed by atoms with Crippen LogP contribution in [-0.2, 0) is 16.0 Å². The first-order valence-corrected chi connectivity index (χ1v) is 9.38. The number of hydrogen-bond donors (Lipinski definition) is 1. The molecule has 0 aromatic heterocycles. The average molecular weight is 389 g/mol. The van der Waals surface area contributed by atoms with E-state index in [4.69, 9.17) is 33.0 Å². The molecule has 0 bridgehead atoms. The van der Waals surface area contributed by atoms with Gasteiger partial charge in [-0.25, -0.2) is 0 Å². The van der Waals surface area contributed by atoms with Crippen molar-refractivity contribution in [2.75, 3.05) is 46.4 Å². The number of benzene rings is 1. The lowest BCUT2D eigenvalue weighted by atomic mass is 10.1. The van der Waals surface area contributed by atoms with E-state index in [1.807, 2.05) is 25.2 Å². The van der Waals surface area contributed by atoms with Crippen molar-refractivity contribution < 1.29 is 14.6 Å². The molecule has 1 heterocycles. The molecule has 25 heavy (non-hydrogen) atoms. The first kappa shape index (κ1) is 20.5. The third-order valence-corrected chi connectivity index (χ3v) is 5.06. The van der Waals surface area contributed by atoms with Crippen LogP contribution in [0.25, 0.3) is 0 Å². The molecule has 1 saturated heterocycles. The maximum absolute atomic E-state index is 10.7.